The third-order valence-corrected chi connectivity index (χ3v) is 8.26. The number of nitrogens with zero attached hydrogens (tertiary/aromatic N) is 3. The minimum Gasteiger partial charge on any atom is -0.404 e. The number of amides is 2. The average Bonchev–Trinajstić information content (AvgIpc) is 3.25. The lowest BCUT2D eigenvalue weighted by molar-refractivity contribution is -0.274. The number of carbonyl (C=O) groups excluding carboxylic acids is 1. The molecule has 1 aromatic heterocycles. The van der Waals surface area contributed by atoms with E-state index in [4.69, 9.17) is 34.8 Å². The fourth-order valence-electron chi connectivity index (χ4n) is 5.44. The van der Waals surface area contributed by atoms with E-state index in [0.29, 0.717) is 53.9 Å². The number of aromatic nitrogens is 1. The van der Waals surface area contributed by atoms with Crippen molar-refractivity contribution in [3.8, 4) is 5.75 Å². The maximum Gasteiger partial charge on any atom is 0.573 e. The zero-order chi connectivity index (χ0) is 29.2. The number of benzene rings is 2. The number of alkyl halides is 3. The molecule has 216 valence electrons. The third-order valence-electron chi connectivity index (χ3n) is 7.43. The van der Waals surface area contributed by atoms with Crippen LogP contribution in [0.5, 0.6) is 5.75 Å². The monoisotopic (exact) mass is 624 g/mol. The van der Waals surface area contributed by atoms with E-state index < -0.39 is 17.5 Å². The Morgan fingerprint density at radius 3 is 2.49 bits per heavy atom. The Balaban J connectivity index is 1.34. The molecule has 2 aromatic carbocycles. The maximum absolute atomic E-state index is 13.4. The molecule has 2 amide bonds. The van der Waals surface area contributed by atoms with Crippen LogP contribution < -0.4 is 15.0 Å². The summed E-state index contributed by atoms with van der Waals surface area (Å²) in [6.07, 6.45) is 1.94. The molecule has 0 bridgehead atoms. The van der Waals surface area contributed by atoms with E-state index in [1.807, 2.05) is 30.3 Å². The van der Waals surface area contributed by atoms with Crippen molar-refractivity contribution in [2.24, 2.45) is 0 Å². The number of hydrogen-bond donors (Lipinski definition) is 1. The summed E-state index contributed by atoms with van der Waals surface area (Å²) < 4.78 is 43.6. The standard InChI is InChI=1S/C29H26Cl3F3N4O2/c30-21-5-3-19(4-6-21)2-1-13-38-14-10-28(11-15-38)18-39(27(40)37-17-20-9-12-36-24(31)16-20)22-7-8-23(26(32)25(22)28)41-29(33,34)35/h1-9,12,16H,10-11,13-15,17-18H2,(H,37,40)/b2-1+. The number of piperidine rings is 1. The maximum atomic E-state index is 13.4. The van der Waals surface area contributed by atoms with Crippen LogP contribution >= 0.6 is 34.8 Å². The first-order valence-corrected chi connectivity index (χ1v) is 14.1. The first-order chi connectivity index (χ1) is 19.5. The highest BCUT2D eigenvalue weighted by Gasteiger charge is 2.49. The Hall–Kier alpha value is -2.98. The van der Waals surface area contributed by atoms with Crippen molar-refractivity contribution in [1.82, 2.24) is 15.2 Å². The van der Waals surface area contributed by atoms with Crippen LogP contribution in [0.25, 0.3) is 6.08 Å². The molecule has 1 N–H and O–H groups in total. The summed E-state index contributed by atoms with van der Waals surface area (Å²) in [6.45, 7) is 2.55. The first-order valence-electron chi connectivity index (χ1n) is 12.9. The first kappa shape index (κ1) is 29.5. The highest BCUT2D eigenvalue weighted by molar-refractivity contribution is 6.33. The number of ether oxygens (including phenoxy) is 1. The summed E-state index contributed by atoms with van der Waals surface area (Å²) in [6, 6.07) is 13.2. The van der Waals surface area contributed by atoms with Gasteiger partial charge in [-0.15, -0.1) is 13.2 Å². The average molecular weight is 626 g/mol. The second-order valence-electron chi connectivity index (χ2n) is 10.1. The molecular formula is C29H26Cl3F3N4O2. The number of rotatable bonds is 6. The number of likely N-dealkylation sites (tertiary alicyclic amines) is 1. The second-order valence-corrected chi connectivity index (χ2v) is 11.3. The van der Waals surface area contributed by atoms with E-state index in [1.165, 1.54) is 6.07 Å². The van der Waals surface area contributed by atoms with Crippen molar-refractivity contribution in [1.29, 1.82) is 0 Å². The van der Waals surface area contributed by atoms with Crippen LogP contribution in [-0.2, 0) is 12.0 Å². The summed E-state index contributed by atoms with van der Waals surface area (Å²) in [5.74, 6) is -0.473. The molecule has 1 fully saturated rings. The number of urea groups is 1. The van der Waals surface area contributed by atoms with Gasteiger partial charge in [0.05, 0.1) is 10.7 Å². The van der Waals surface area contributed by atoms with Crippen LogP contribution in [0.4, 0.5) is 23.7 Å². The quantitative estimate of drug-likeness (QED) is 0.285. The number of fused-ring (bicyclic) bond motifs is 2. The molecule has 1 saturated heterocycles. The highest BCUT2D eigenvalue weighted by Crippen LogP contribution is 2.53. The molecule has 6 nitrogen and oxygen atoms in total. The predicted octanol–water partition coefficient (Wildman–Crippen LogP) is 7.72. The molecule has 0 saturated carbocycles. The summed E-state index contributed by atoms with van der Waals surface area (Å²) in [7, 11) is 0. The van der Waals surface area contributed by atoms with E-state index in [-0.39, 0.29) is 24.1 Å². The summed E-state index contributed by atoms with van der Waals surface area (Å²) in [4.78, 5) is 21.1. The van der Waals surface area contributed by atoms with Gasteiger partial charge in [-0.25, -0.2) is 9.78 Å². The Morgan fingerprint density at radius 1 is 1.07 bits per heavy atom. The van der Waals surface area contributed by atoms with E-state index >= 15 is 0 Å². The number of halogens is 6. The zero-order valence-electron chi connectivity index (χ0n) is 21.7. The van der Waals surface area contributed by atoms with Gasteiger partial charge >= 0.3 is 12.4 Å². The number of pyridine rings is 1. The smallest absolute Gasteiger partial charge is 0.404 e. The van der Waals surface area contributed by atoms with Gasteiger partial charge in [-0.05, 0) is 73.5 Å². The largest absolute Gasteiger partial charge is 0.573 e. The van der Waals surface area contributed by atoms with E-state index in [9.17, 15) is 18.0 Å². The molecule has 0 atom stereocenters. The van der Waals surface area contributed by atoms with Crippen LogP contribution in [0.15, 0.2) is 60.8 Å². The Bertz CT molecular complexity index is 1440. The lowest BCUT2D eigenvalue weighted by Gasteiger charge is -2.40. The van der Waals surface area contributed by atoms with Gasteiger partial charge in [0.15, 0.2) is 0 Å². The van der Waals surface area contributed by atoms with Crippen LogP contribution in [0, 0.1) is 0 Å². The molecule has 2 aliphatic rings. The number of anilines is 1. The topological polar surface area (TPSA) is 57.7 Å². The van der Waals surface area contributed by atoms with Crippen molar-refractivity contribution < 1.29 is 22.7 Å². The minimum absolute atomic E-state index is 0.118. The van der Waals surface area contributed by atoms with E-state index in [1.54, 1.807) is 23.2 Å². The van der Waals surface area contributed by atoms with Gasteiger partial charge < -0.3 is 10.1 Å². The molecule has 0 radical (unpaired) electrons. The predicted molar refractivity (Wildman–Crippen MR) is 155 cm³/mol. The highest BCUT2D eigenvalue weighted by atomic mass is 35.5. The second kappa shape index (κ2) is 12.1. The van der Waals surface area contributed by atoms with Crippen molar-refractivity contribution in [2.75, 3.05) is 31.1 Å². The van der Waals surface area contributed by atoms with Crippen molar-refractivity contribution in [2.45, 2.75) is 31.2 Å². The fraction of sp³-hybridized carbons (Fsp3) is 0.310. The van der Waals surface area contributed by atoms with Crippen LogP contribution in [-0.4, -0.2) is 48.5 Å². The van der Waals surface area contributed by atoms with E-state index in [2.05, 4.69) is 26.0 Å². The minimum atomic E-state index is -4.90. The molecule has 12 heteroatoms. The normalized spacial score (nSPS) is 16.8. The summed E-state index contributed by atoms with van der Waals surface area (Å²) in [5, 5.41) is 3.74. The van der Waals surface area contributed by atoms with Crippen LogP contribution in [0.2, 0.25) is 15.2 Å². The molecule has 0 unspecified atom stereocenters. The van der Waals surface area contributed by atoms with Gasteiger partial charge in [-0.3, -0.25) is 9.80 Å². The van der Waals surface area contributed by atoms with Gasteiger partial charge in [0, 0.05) is 41.8 Å². The molecular weight excluding hydrogens is 600 g/mol. The number of hydrogen-bond acceptors (Lipinski definition) is 4. The van der Waals surface area contributed by atoms with Gasteiger partial charge in [0.2, 0.25) is 0 Å². The molecule has 41 heavy (non-hydrogen) atoms. The lowest BCUT2D eigenvalue weighted by atomic mass is 9.74. The van der Waals surface area contributed by atoms with Gasteiger partial charge in [-0.2, -0.15) is 0 Å². The SMILES string of the molecule is O=C(NCc1ccnc(Cl)c1)N1CC2(CCN(C/C=C/c3ccc(Cl)cc3)CC2)c2c1ccc(OC(F)(F)F)c2Cl. The molecule has 0 aliphatic carbocycles. The molecule has 5 rings (SSSR count). The Morgan fingerprint density at radius 2 is 1.80 bits per heavy atom. The lowest BCUT2D eigenvalue weighted by Crippen LogP contribution is -2.47. The number of carbonyl (C=O) groups is 1. The fourth-order valence-corrected chi connectivity index (χ4v) is 6.16. The van der Waals surface area contributed by atoms with Crippen LogP contribution in [0.3, 0.4) is 0 Å². The summed E-state index contributed by atoms with van der Waals surface area (Å²) >= 11 is 18.5. The van der Waals surface area contributed by atoms with Crippen molar-refractivity contribution in [3.05, 3.63) is 92.7 Å². The molecule has 3 heterocycles. The Kier molecular flexibility index (Phi) is 8.70. The van der Waals surface area contributed by atoms with Gasteiger partial charge in [0.1, 0.15) is 10.9 Å². The molecule has 3 aromatic rings. The Labute approximate surface area is 250 Å². The van der Waals surface area contributed by atoms with Gasteiger partial charge in [0.25, 0.3) is 0 Å². The van der Waals surface area contributed by atoms with Crippen LogP contribution in [0.1, 0.15) is 29.5 Å². The van der Waals surface area contributed by atoms with Crippen molar-refractivity contribution in [3.63, 3.8) is 0 Å². The third kappa shape index (κ3) is 6.92. The summed E-state index contributed by atoms with van der Waals surface area (Å²) in [5.41, 5.74) is 2.17. The van der Waals surface area contributed by atoms with Gasteiger partial charge in [-0.1, -0.05) is 59.1 Å². The molecule has 2 aliphatic heterocycles. The van der Waals surface area contributed by atoms with Crippen molar-refractivity contribution >= 4 is 52.6 Å². The van der Waals surface area contributed by atoms with E-state index in [0.717, 1.165) is 17.2 Å². The zero-order valence-corrected chi connectivity index (χ0v) is 24.0. The number of nitrogens with one attached hydrogen (secondary N) is 1. The molecule has 1 spiro atoms.